The highest BCUT2D eigenvalue weighted by molar-refractivity contribution is 5.89. The van der Waals surface area contributed by atoms with Gasteiger partial charge in [-0.05, 0) is 49.7 Å². The van der Waals surface area contributed by atoms with Gasteiger partial charge in [-0.3, -0.25) is 5.43 Å². The minimum absolute atomic E-state index is 0.148. The van der Waals surface area contributed by atoms with Crippen molar-refractivity contribution in [2.75, 3.05) is 19.8 Å². The van der Waals surface area contributed by atoms with Crippen LogP contribution in [0.1, 0.15) is 42.2 Å². The molecule has 150 valence electrons. The van der Waals surface area contributed by atoms with Crippen molar-refractivity contribution >= 4 is 5.97 Å². The molecule has 0 aromatic heterocycles. The summed E-state index contributed by atoms with van der Waals surface area (Å²) >= 11 is 0. The number of hydrogen-bond acceptors (Lipinski definition) is 7. The third-order valence-corrected chi connectivity index (χ3v) is 4.40. The number of phenols is 1. The van der Waals surface area contributed by atoms with Crippen molar-refractivity contribution in [2.24, 2.45) is 0 Å². The lowest BCUT2D eigenvalue weighted by molar-refractivity contribution is 0.0505. The number of ether oxygens (including phenoxy) is 3. The predicted octanol–water partition coefficient (Wildman–Crippen LogP) is 2.95. The monoisotopic (exact) mass is 386 g/mol. The molecule has 2 unspecified atom stereocenters. The van der Waals surface area contributed by atoms with Crippen LogP contribution in [0.2, 0.25) is 0 Å². The summed E-state index contributed by atoms with van der Waals surface area (Å²) in [6.45, 7) is 5.36. The van der Waals surface area contributed by atoms with Crippen LogP contribution in [0.25, 0.3) is 0 Å². The van der Waals surface area contributed by atoms with Gasteiger partial charge in [0.05, 0.1) is 24.8 Å². The van der Waals surface area contributed by atoms with Gasteiger partial charge in [-0.2, -0.15) is 0 Å². The zero-order valence-electron chi connectivity index (χ0n) is 16.1. The standard InChI is InChI=1S/C21H26N2O5/c1-3-11-27-21(25)14-5-7-15(8-6-14)28-19-13-22-23-20(19)17-10-9-16(26-4-2)12-18(17)24/h5-10,12,19-20,22-24H,3-4,11,13H2,1-2H3. The number of hydrazine groups is 1. The molecule has 28 heavy (non-hydrogen) atoms. The smallest absolute Gasteiger partial charge is 0.338 e. The molecule has 3 N–H and O–H groups in total. The number of phenolic OH excluding ortho intramolecular Hbond substituents is 1. The molecule has 0 aliphatic carbocycles. The van der Waals surface area contributed by atoms with Crippen molar-refractivity contribution in [3.8, 4) is 17.2 Å². The Morgan fingerprint density at radius 2 is 1.89 bits per heavy atom. The van der Waals surface area contributed by atoms with E-state index in [0.717, 1.165) is 12.0 Å². The third kappa shape index (κ3) is 4.74. The molecular formula is C21H26N2O5. The maximum absolute atomic E-state index is 11.9. The molecule has 0 radical (unpaired) electrons. The highest BCUT2D eigenvalue weighted by Gasteiger charge is 2.32. The average Bonchev–Trinajstić information content (AvgIpc) is 3.15. The lowest BCUT2D eigenvalue weighted by atomic mass is 10.0. The van der Waals surface area contributed by atoms with Gasteiger partial charge in [-0.25, -0.2) is 10.2 Å². The summed E-state index contributed by atoms with van der Waals surface area (Å²) in [6, 6.07) is 11.9. The second-order valence-electron chi connectivity index (χ2n) is 6.47. The van der Waals surface area contributed by atoms with Crippen molar-refractivity contribution in [1.29, 1.82) is 0 Å². The summed E-state index contributed by atoms with van der Waals surface area (Å²) < 4.78 is 16.6. The van der Waals surface area contributed by atoms with E-state index < -0.39 is 0 Å². The van der Waals surface area contributed by atoms with Gasteiger partial charge < -0.3 is 19.3 Å². The highest BCUT2D eigenvalue weighted by Crippen LogP contribution is 2.33. The van der Waals surface area contributed by atoms with Crippen molar-refractivity contribution in [1.82, 2.24) is 10.9 Å². The molecule has 0 saturated carbocycles. The van der Waals surface area contributed by atoms with E-state index in [1.165, 1.54) is 0 Å². The Kier molecular flexibility index (Phi) is 6.73. The Labute approximate surface area is 164 Å². The largest absolute Gasteiger partial charge is 0.507 e. The van der Waals surface area contributed by atoms with E-state index in [9.17, 15) is 9.90 Å². The number of benzene rings is 2. The third-order valence-electron chi connectivity index (χ3n) is 4.40. The maximum Gasteiger partial charge on any atom is 0.338 e. The van der Waals surface area contributed by atoms with Crippen LogP contribution < -0.4 is 20.3 Å². The molecule has 1 aliphatic rings. The Bertz CT molecular complexity index is 794. The molecule has 1 aliphatic heterocycles. The first kappa shape index (κ1) is 20.0. The van der Waals surface area contributed by atoms with Gasteiger partial charge in [0.15, 0.2) is 0 Å². The fourth-order valence-electron chi connectivity index (χ4n) is 3.03. The Balaban J connectivity index is 1.67. The quantitative estimate of drug-likeness (QED) is 0.601. The van der Waals surface area contributed by atoms with E-state index in [-0.39, 0.29) is 23.9 Å². The summed E-state index contributed by atoms with van der Waals surface area (Å²) in [6.07, 6.45) is 0.552. The molecule has 1 fully saturated rings. The van der Waals surface area contributed by atoms with Crippen LogP contribution in [0.4, 0.5) is 0 Å². The number of carbonyl (C=O) groups excluding carboxylic acids is 1. The fourth-order valence-corrected chi connectivity index (χ4v) is 3.03. The molecule has 1 heterocycles. The van der Waals surface area contributed by atoms with Crippen molar-refractivity contribution < 1.29 is 24.1 Å². The number of rotatable bonds is 8. The van der Waals surface area contributed by atoms with Gasteiger partial charge >= 0.3 is 5.97 Å². The second kappa shape index (κ2) is 9.43. The van der Waals surface area contributed by atoms with Gasteiger partial charge in [0.1, 0.15) is 23.4 Å². The second-order valence-corrected chi connectivity index (χ2v) is 6.47. The molecular weight excluding hydrogens is 360 g/mol. The first-order chi connectivity index (χ1) is 13.6. The SMILES string of the molecule is CCCOC(=O)c1ccc(OC2CNNC2c2ccc(OCC)cc2O)cc1. The Hall–Kier alpha value is -2.77. The molecule has 0 amide bonds. The number of aromatic hydroxyl groups is 1. The van der Waals surface area contributed by atoms with E-state index >= 15 is 0 Å². The van der Waals surface area contributed by atoms with Gasteiger partial charge in [0.25, 0.3) is 0 Å². The molecule has 7 nitrogen and oxygen atoms in total. The molecule has 2 aromatic carbocycles. The minimum Gasteiger partial charge on any atom is -0.507 e. The maximum atomic E-state index is 11.9. The molecule has 1 saturated heterocycles. The number of nitrogens with one attached hydrogen (secondary N) is 2. The topological polar surface area (TPSA) is 89.1 Å². The molecule has 3 rings (SSSR count). The van der Waals surface area contributed by atoms with E-state index in [4.69, 9.17) is 14.2 Å². The molecule has 2 aromatic rings. The van der Waals surface area contributed by atoms with Crippen molar-refractivity contribution in [3.63, 3.8) is 0 Å². The summed E-state index contributed by atoms with van der Waals surface area (Å²) in [5, 5.41) is 10.4. The molecule has 0 bridgehead atoms. The van der Waals surface area contributed by atoms with Crippen LogP contribution in [-0.4, -0.2) is 36.9 Å². The Morgan fingerprint density at radius 3 is 2.57 bits per heavy atom. The summed E-state index contributed by atoms with van der Waals surface area (Å²) in [5.41, 5.74) is 7.42. The van der Waals surface area contributed by atoms with Gasteiger partial charge in [0.2, 0.25) is 0 Å². The molecule has 7 heteroatoms. The highest BCUT2D eigenvalue weighted by atomic mass is 16.5. The van der Waals surface area contributed by atoms with Crippen LogP contribution in [0, 0.1) is 0 Å². The van der Waals surface area contributed by atoms with Crippen LogP contribution >= 0.6 is 0 Å². The van der Waals surface area contributed by atoms with Gasteiger partial charge in [-0.15, -0.1) is 0 Å². The van der Waals surface area contributed by atoms with Crippen LogP contribution in [0.5, 0.6) is 17.2 Å². The first-order valence-electron chi connectivity index (χ1n) is 9.50. The normalized spacial score (nSPS) is 18.6. The molecule has 0 spiro atoms. The van der Waals surface area contributed by atoms with E-state index in [1.54, 1.807) is 30.3 Å². The number of hydrogen-bond donors (Lipinski definition) is 3. The zero-order chi connectivity index (χ0) is 19.9. The molecule has 2 atom stereocenters. The predicted molar refractivity (Wildman–Crippen MR) is 105 cm³/mol. The summed E-state index contributed by atoms with van der Waals surface area (Å²) in [4.78, 5) is 11.9. The van der Waals surface area contributed by atoms with E-state index in [2.05, 4.69) is 10.9 Å². The fraction of sp³-hybridized carbons (Fsp3) is 0.381. The van der Waals surface area contributed by atoms with E-state index in [0.29, 0.717) is 36.8 Å². The van der Waals surface area contributed by atoms with Crippen LogP contribution in [-0.2, 0) is 4.74 Å². The van der Waals surface area contributed by atoms with E-state index in [1.807, 2.05) is 26.0 Å². The van der Waals surface area contributed by atoms with Crippen molar-refractivity contribution in [2.45, 2.75) is 32.4 Å². The van der Waals surface area contributed by atoms with Gasteiger partial charge in [-0.1, -0.05) is 6.92 Å². The minimum atomic E-state index is -0.338. The Morgan fingerprint density at radius 1 is 1.14 bits per heavy atom. The first-order valence-corrected chi connectivity index (χ1v) is 9.50. The van der Waals surface area contributed by atoms with Gasteiger partial charge in [0, 0.05) is 18.2 Å². The summed E-state index contributed by atoms with van der Waals surface area (Å²) in [7, 11) is 0. The lowest BCUT2D eigenvalue weighted by Gasteiger charge is -2.21. The van der Waals surface area contributed by atoms with Crippen LogP contribution in [0.15, 0.2) is 42.5 Å². The summed E-state index contributed by atoms with van der Waals surface area (Å²) in [5.74, 6) is 1.07. The van der Waals surface area contributed by atoms with Crippen molar-refractivity contribution in [3.05, 3.63) is 53.6 Å². The number of esters is 1. The number of carbonyl (C=O) groups is 1. The zero-order valence-corrected chi connectivity index (χ0v) is 16.1. The average molecular weight is 386 g/mol. The lowest BCUT2D eigenvalue weighted by Crippen LogP contribution is -2.28. The van der Waals surface area contributed by atoms with Crippen LogP contribution in [0.3, 0.4) is 0 Å².